The van der Waals surface area contributed by atoms with E-state index in [0.29, 0.717) is 19.4 Å². The number of rotatable bonds is 6. The van der Waals surface area contributed by atoms with Crippen molar-refractivity contribution in [3.05, 3.63) is 35.9 Å². The van der Waals surface area contributed by atoms with E-state index in [2.05, 4.69) is 11.8 Å². The molecule has 0 spiro atoms. The summed E-state index contributed by atoms with van der Waals surface area (Å²) in [6.07, 6.45) is 1.11. The van der Waals surface area contributed by atoms with Gasteiger partial charge >= 0.3 is 0 Å². The maximum Gasteiger partial charge on any atom is 0.159 e. The van der Waals surface area contributed by atoms with E-state index in [1.54, 1.807) is 6.92 Å². The zero-order valence-electron chi connectivity index (χ0n) is 9.53. The van der Waals surface area contributed by atoms with E-state index in [1.165, 1.54) is 0 Å². The normalized spacial score (nSPS) is 9.31. The third kappa shape index (κ3) is 5.33. The second kappa shape index (κ2) is 7.67. The van der Waals surface area contributed by atoms with Crippen molar-refractivity contribution in [3.8, 4) is 11.8 Å². The Balaban J connectivity index is 2.15. The molecule has 1 aromatic carbocycles. The van der Waals surface area contributed by atoms with Crippen LogP contribution >= 0.6 is 0 Å². The molecule has 0 saturated carbocycles. The number of carbonyl (C=O) groups is 1. The molecule has 0 aromatic heterocycles. The van der Waals surface area contributed by atoms with E-state index in [1.807, 2.05) is 30.3 Å². The van der Waals surface area contributed by atoms with Gasteiger partial charge in [0.25, 0.3) is 0 Å². The zero-order chi connectivity index (χ0) is 11.6. The van der Waals surface area contributed by atoms with E-state index in [-0.39, 0.29) is 12.4 Å². The molecule has 0 aliphatic heterocycles. The van der Waals surface area contributed by atoms with E-state index >= 15 is 0 Å². The second-order valence-electron chi connectivity index (χ2n) is 3.44. The lowest BCUT2D eigenvalue weighted by Crippen LogP contribution is -2.07. The third-order valence-corrected chi connectivity index (χ3v) is 2.08. The van der Waals surface area contributed by atoms with Gasteiger partial charge in [0.1, 0.15) is 6.61 Å². The highest BCUT2D eigenvalue weighted by atomic mass is 16.5. The van der Waals surface area contributed by atoms with Crippen molar-refractivity contribution >= 4 is 5.78 Å². The van der Waals surface area contributed by atoms with Crippen LogP contribution in [-0.4, -0.2) is 12.4 Å². The van der Waals surface area contributed by atoms with Gasteiger partial charge in [-0.05, 0) is 12.5 Å². The number of Topliss-reactive ketones (excluding diaryl/α,β-unsaturated/α-hetero) is 1. The van der Waals surface area contributed by atoms with E-state index in [9.17, 15) is 4.79 Å². The Morgan fingerprint density at radius 1 is 1.31 bits per heavy atom. The fourth-order valence-corrected chi connectivity index (χ4v) is 1.26. The van der Waals surface area contributed by atoms with Gasteiger partial charge in [-0.25, -0.2) is 0 Å². The molecule has 0 saturated heterocycles. The summed E-state index contributed by atoms with van der Waals surface area (Å²) in [5, 5.41) is 0. The molecule has 0 bridgehead atoms. The van der Waals surface area contributed by atoms with Crippen LogP contribution < -0.4 is 0 Å². The molecule has 16 heavy (non-hydrogen) atoms. The Morgan fingerprint density at radius 2 is 2.06 bits per heavy atom. The first-order valence-corrected chi connectivity index (χ1v) is 5.36. The van der Waals surface area contributed by atoms with Gasteiger partial charge in [-0.3, -0.25) is 4.79 Å². The van der Waals surface area contributed by atoms with Gasteiger partial charge in [0, 0.05) is 12.8 Å². The molecular formula is C14H16O2. The summed E-state index contributed by atoms with van der Waals surface area (Å²) in [4.78, 5) is 11.3. The minimum absolute atomic E-state index is 0.110. The molecule has 0 atom stereocenters. The summed E-state index contributed by atoms with van der Waals surface area (Å²) in [6, 6.07) is 9.83. The largest absolute Gasteiger partial charge is 0.369 e. The van der Waals surface area contributed by atoms with Crippen molar-refractivity contribution in [3.63, 3.8) is 0 Å². The van der Waals surface area contributed by atoms with Crippen molar-refractivity contribution in [1.29, 1.82) is 0 Å². The van der Waals surface area contributed by atoms with Gasteiger partial charge in [-0.15, -0.1) is 11.8 Å². The molecule has 0 unspecified atom stereocenters. The number of hydrogen-bond acceptors (Lipinski definition) is 2. The highest BCUT2D eigenvalue weighted by Crippen LogP contribution is 2.01. The van der Waals surface area contributed by atoms with E-state index in [0.717, 1.165) is 5.56 Å². The van der Waals surface area contributed by atoms with Crippen LogP contribution in [-0.2, 0) is 16.1 Å². The van der Waals surface area contributed by atoms with Crippen molar-refractivity contribution in [1.82, 2.24) is 0 Å². The summed E-state index contributed by atoms with van der Waals surface area (Å²) < 4.78 is 5.31. The molecule has 0 aliphatic carbocycles. The van der Waals surface area contributed by atoms with Crippen LogP contribution in [0.1, 0.15) is 25.3 Å². The van der Waals surface area contributed by atoms with Crippen LogP contribution in [0, 0.1) is 11.8 Å². The van der Waals surface area contributed by atoms with Crippen LogP contribution in [0.2, 0.25) is 0 Å². The Hall–Kier alpha value is -1.59. The van der Waals surface area contributed by atoms with Crippen LogP contribution in [0.15, 0.2) is 30.3 Å². The number of ether oxygens (including phenoxy) is 1. The van der Waals surface area contributed by atoms with Crippen molar-refractivity contribution < 1.29 is 9.53 Å². The molecule has 0 radical (unpaired) electrons. The fourth-order valence-electron chi connectivity index (χ4n) is 1.26. The molecule has 84 valence electrons. The minimum atomic E-state index is 0.110. The summed E-state index contributed by atoms with van der Waals surface area (Å²) >= 11 is 0. The summed E-state index contributed by atoms with van der Waals surface area (Å²) in [7, 11) is 0. The van der Waals surface area contributed by atoms with Gasteiger partial charge in [-0.1, -0.05) is 30.3 Å². The maximum absolute atomic E-state index is 11.3. The lowest BCUT2D eigenvalue weighted by Gasteiger charge is -2.02. The standard InChI is InChI=1S/C14H16O2/c1-2-3-5-10-14(15)12-16-11-13-8-6-4-7-9-13/h4,6-9H,5,10-12H2,1H3. The SMILES string of the molecule is CC#CCCC(=O)COCc1ccccc1. The molecule has 0 fully saturated rings. The van der Waals surface area contributed by atoms with Crippen LogP contribution in [0.4, 0.5) is 0 Å². The van der Waals surface area contributed by atoms with Crippen LogP contribution in [0.25, 0.3) is 0 Å². The molecule has 0 aliphatic rings. The molecule has 0 heterocycles. The topological polar surface area (TPSA) is 26.3 Å². The smallest absolute Gasteiger partial charge is 0.159 e. The van der Waals surface area contributed by atoms with Crippen molar-refractivity contribution in [2.24, 2.45) is 0 Å². The van der Waals surface area contributed by atoms with E-state index < -0.39 is 0 Å². The van der Waals surface area contributed by atoms with Crippen molar-refractivity contribution in [2.75, 3.05) is 6.61 Å². The second-order valence-corrected chi connectivity index (χ2v) is 3.44. The van der Waals surface area contributed by atoms with Crippen molar-refractivity contribution in [2.45, 2.75) is 26.4 Å². The monoisotopic (exact) mass is 216 g/mol. The maximum atomic E-state index is 11.3. The van der Waals surface area contributed by atoms with Gasteiger partial charge in [0.2, 0.25) is 0 Å². The third-order valence-electron chi connectivity index (χ3n) is 2.08. The molecule has 0 N–H and O–H groups in total. The zero-order valence-corrected chi connectivity index (χ0v) is 9.53. The van der Waals surface area contributed by atoms with Gasteiger partial charge in [0.05, 0.1) is 6.61 Å². The Bertz CT molecular complexity index is 371. The average molecular weight is 216 g/mol. The van der Waals surface area contributed by atoms with Gasteiger partial charge in [0.15, 0.2) is 5.78 Å². The predicted octanol–water partition coefficient (Wildman–Crippen LogP) is 2.58. The van der Waals surface area contributed by atoms with Crippen LogP contribution in [0.5, 0.6) is 0 Å². The Morgan fingerprint density at radius 3 is 2.75 bits per heavy atom. The molecular weight excluding hydrogens is 200 g/mol. The molecule has 2 nitrogen and oxygen atoms in total. The first-order chi connectivity index (χ1) is 7.83. The summed E-state index contributed by atoms with van der Waals surface area (Å²) in [6.45, 7) is 2.45. The number of benzene rings is 1. The first-order valence-electron chi connectivity index (χ1n) is 5.36. The lowest BCUT2D eigenvalue weighted by atomic mass is 10.2. The quantitative estimate of drug-likeness (QED) is 0.683. The molecule has 2 heteroatoms. The highest BCUT2D eigenvalue weighted by molar-refractivity contribution is 5.79. The lowest BCUT2D eigenvalue weighted by molar-refractivity contribution is -0.123. The Labute approximate surface area is 96.6 Å². The predicted molar refractivity (Wildman–Crippen MR) is 63.8 cm³/mol. The fraction of sp³-hybridized carbons (Fsp3) is 0.357. The highest BCUT2D eigenvalue weighted by Gasteiger charge is 2.00. The minimum Gasteiger partial charge on any atom is -0.369 e. The first kappa shape index (κ1) is 12.5. The van der Waals surface area contributed by atoms with Crippen LogP contribution in [0.3, 0.4) is 0 Å². The summed E-state index contributed by atoms with van der Waals surface area (Å²) in [5.74, 6) is 5.73. The van der Waals surface area contributed by atoms with Gasteiger partial charge in [-0.2, -0.15) is 0 Å². The number of ketones is 1. The molecule has 1 rings (SSSR count). The van der Waals surface area contributed by atoms with Gasteiger partial charge < -0.3 is 4.74 Å². The summed E-state index contributed by atoms with van der Waals surface area (Å²) in [5.41, 5.74) is 1.09. The molecule has 0 amide bonds. The molecule has 1 aromatic rings. The average Bonchev–Trinajstić information content (AvgIpc) is 2.31. The number of hydrogen-bond donors (Lipinski definition) is 0. The number of carbonyl (C=O) groups excluding carboxylic acids is 1. The van der Waals surface area contributed by atoms with E-state index in [4.69, 9.17) is 4.74 Å². The Kier molecular flexibility index (Phi) is 5.98.